The molecule has 0 fully saturated rings. The molecule has 0 aliphatic rings. The number of nitrogens with zero attached hydrogens (tertiary/aromatic N) is 1. The highest BCUT2D eigenvalue weighted by molar-refractivity contribution is 5.56. The first-order valence-corrected chi connectivity index (χ1v) is 4.11. The molecule has 5 heteroatoms. The van der Waals surface area contributed by atoms with Gasteiger partial charge in [-0.05, 0) is 13.0 Å². The van der Waals surface area contributed by atoms with Crippen molar-refractivity contribution in [1.82, 2.24) is 0 Å². The van der Waals surface area contributed by atoms with E-state index in [9.17, 15) is 15.2 Å². The van der Waals surface area contributed by atoms with Crippen LogP contribution in [0.5, 0.6) is 11.5 Å². The highest BCUT2D eigenvalue weighted by Crippen LogP contribution is 2.35. The van der Waals surface area contributed by atoms with Gasteiger partial charge in [0.25, 0.3) is 0 Å². The lowest BCUT2D eigenvalue weighted by molar-refractivity contribution is -0.385. The molecule has 1 aromatic carbocycles. The Kier molecular flexibility index (Phi) is 3.13. The summed E-state index contributed by atoms with van der Waals surface area (Å²) in [5.74, 6) is 2.21. The van der Waals surface area contributed by atoms with Crippen LogP contribution in [0.25, 0.3) is 0 Å². The lowest BCUT2D eigenvalue weighted by Crippen LogP contribution is -1.97. The molecule has 0 bridgehead atoms. The van der Waals surface area contributed by atoms with Gasteiger partial charge in [0.2, 0.25) is 5.75 Å². The molecule has 1 rings (SSSR count). The van der Waals surface area contributed by atoms with E-state index in [4.69, 9.17) is 11.2 Å². The van der Waals surface area contributed by atoms with Crippen LogP contribution in [0.2, 0.25) is 0 Å². The normalized spacial score (nSPS) is 9.33. The van der Waals surface area contributed by atoms with E-state index in [0.29, 0.717) is 11.3 Å². The monoisotopic (exact) mass is 207 g/mol. The second-order valence-corrected chi connectivity index (χ2v) is 2.81. The summed E-state index contributed by atoms with van der Waals surface area (Å²) in [5, 5.41) is 19.9. The van der Waals surface area contributed by atoms with E-state index in [1.54, 1.807) is 0 Å². The second kappa shape index (κ2) is 4.33. The highest BCUT2D eigenvalue weighted by atomic mass is 16.6. The third-order valence-electron chi connectivity index (χ3n) is 1.87. The molecule has 0 saturated carbocycles. The molecule has 0 amide bonds. The van der Waals surface area contributed by atoms with Gasteiger partial charge >= 0.3 is 5.69 Å². The van der Waals surface area contributed by atoms with E-state index >= 15 is 0 Å². The third-order valence-corrected chi connectivity index (χ3v) is 1.87. The molecule has 0 saturated heterocycles. The van der Waals surface area contributed by atoms with Crippen molar-refractivity contribution in [3.8, 4) is 23.8 Å². The number of hydrogen-bond donors (Lipinski definition) is 1. The zero-order valence-electron chi connectivity index (χ0n) is 8.06. The predicted octanol–water partition coefficient (Wildman–Crippen LogP) is 1.62. The summed E-state index contributed by atoms with van der Waals surface area (Å²) in [5.41, 5.74) is -0.0417. The first-order chi connectivity index (χ1) is 7.07. The minimum Gasteiger partial charge on any atom is -0.502 e. The van der Waals surface area contributed by atoms with Gasteiger partial charge in [0.05, 0.1) is 4.92 Å². The molecule has 0 spiro atoms. The molecule has 1 N–H and O–H groups in total. The van der Waals surface area contributed by atoms with Crippen molar-refractivity contribution in [1.29, 1.82) is 0 Å². The molecule has 5 nitrogen and oxygen atoms in total. The van der Waals surface area contributed by atoms with Gasteiger partial charge in [-0.2, -0.15) is 0 Å². The Morgan fingerprint density at radius 2 is 2.33 bits per heavy atom. The highest BCUT2D eigenvalue weighted by Gasteiger charge is 2.17. The smallest absolute Gasteiger partial charge is 0.311 e. The maximum Gasteiger partial charge on any atom is 0.311 e. The molecule has 15 heavy (non-hydrogen) atoms. The molecule has 0 radical (unpaired) electrons. The molecule has 0 heterocycles. The average molecular weight is 207 g/mol. The lowest BCUT2D eigenvalue weighted by atomic mass is 10.2. The summed E-state index contributed by atoms with van der Waals surface area (Å²) in [6.45, 7) is 1.58. The van der Waals surface area contributed by atoms with Crippen molar-refractivity contribution in [3.05, 3.63) is 27.8 Å². The van der Waals surface area contributed by atoms with Crippen molar-refractivity contribution in [3.63, 3.8) is 0 Å². The van der Waals surface area contributed by atoms with Crippen LogP contribution in [0, 0.1) is 29.4 Å². The van der Waals surface area contributed by atoms with Crippen LogP contribution < -0.4 is 4.74 Å². The molecule has 0 aromatic heterocycles. The summed E-state index contributed by atoms with van der Waals surface area (Å²) in [6.07, 6.45) is 5.00. The first kappa shape index (κ1) is 10.9. The third kappa shape index (κ3) is 2.17. The van der Waals surface area contributed by atoms with E-state index < -0.39 is 10.7 Å². The van der Waals surface area contributed by atoms with E-state index in [1.807, 2.05) is 0 Å². The SMILES string of the molecule is C#CCOc1ccc([N+](=O)[O-])c(O)c1C. The van der Waals surface area contributed by atoms with Gasteiger partial charge < -0.3 is 9.84 Å². The fourth-order valence-corrected chi connectivity index (χ4v) is 1.09. The molecular weight excluding hydrogens is 198 g/mol. The molecule has 0 aliphatic carbocycles. The van der Waals surface area contributed by atoms with Gasteiger partial charge in [-0.25, -0.2) is 0 Å². The Bertz CT molecular complexity index is 434. The quantitative estimate of drug-likeness (QED) is 0.464. The number of hydrogen-bond acceptors (Lipinski definition) is 4. The molecule has 0 aliphatic heterocycles. The molecule has 0 atom stereocenters. The molecule has 1 aromatic rings. The van der Waals surface area contributed by atoms with Gasteiger partial charge in [0.15, 0.2) is 0 Å². The predicted molar refractivity (Wildman–Crippen MR) is 53.8 cm³/mol. The summed E-state index contributed by atoms with van der Waals surface area (Å²) in [7, 11) is 0. The van der Waals surface area contributed by atoms with E-state index in [2.05, 4.69) is 5.92 Å². The van der Waals surface area contributed by atoms with Crippen LogP contribution in [-0.2, 0) is 0 Å². The number of nitro groups is 1. The van der Waals surface area contributed by atoms with Gasteiger partial charge in [-0.15, -0.1) is 6.42 Å². The number of nitro benzene ring substituents is 1. The Labute approximate surface area is 86.5 Å². The fourth-order valence-electron chi connectivity index (χ4n) is 1.09. The first-order valence-electron chi connectivity index (χ1n) is 4.11. The zero-order chi connectivity index (χ0) is 11.4. The van der Waals surface area contributed by atoms with Crippen molar-refractivity contribution in [2.24, 2.45) is 0 Å². The number of phenols is 1. The lowest BCUT2D eigenvalue weighted by Gasteiger charge is -2.07. The van der Waals surface area contributed by atoms with Gasteiger partial charge in [0, 0.05) is 11.6 Å². The number of aromatic hydroxyl groups is 1. The van der Waals surface area contributed by atoms with E-state index in [0.717, 1.165) is 0 Å². The van der Waals surface area contributed by atoms with Crippen LogP contribution in [0.1, 0.15) is 5.56 Å². The second-order valence-electron chi connectivity index (χ2n) is 2.81. The minimum absolute atomic E-state index is 0.0537. The number of rotatable bonds is 3. The van der Waals surface area contributed by atoms with E-state index in [-0.39, 0.29) is 12.3 Å². The van der Waals surface area contributed by atoms with Gasteiger partial charge in [-0.1, -0.05) is 5.92 Å². The van der Waals surface area contributed by atoms with Crippen molar-refractivity contribution < 1.29 is 14.8 Å². The maximum atomic E-state index is 10.5. The van der Waals surface area contributed by atoms with Crippen molar-refractivity contribution in [2.75, 3.05) is 6.61 Å². The number of terminal acetylenes is 1. The number of ether oxygens (including phenoxy) is 1. The topological polar surface area (TPSA) is 72.6 Å². The molecule has 78 valence electrons. The average Bonchev–Trinajstić information content (AvgIpc) is 2.20. The summed E-state index contributed by atoms with van der Waals surface area (Å²) in [6, 6.07) is 2.58. The summed E-state index contributed by atoms with van der Waals surface area (Å²) < 4.78 is 5.08. The van der Waals surface area contributed by atoms with Crippen molar-refractivity contribution in [2.45, 2.75) is 6.92 Å². The molecular formula is C10H9NO4. The summed E-state index contributed by atoms with van der Waals surface area (Å²) >= 11 is 0. The standard InChI is InChI=1S/C10H9NO4/c1-3-6-15-9-5-4-8(11(13)14)10(12)7(9)2/h1,4-5,12H,6H2,2H3. The Balaban J connectivity index is 3.11. The van der Waals surface area contributed by atoms with Gasteiger partial charge in [0.1, 0.15) is 12.4 Å². The minimum atomic E-state index is -0.659. The van der Waals surface area contributed by atoms with Crippen LogP contribution in [0.3, 0.4) is 0 Å². The Hall–Kier alpha value is -2.22. The van der Waals surface area contributed by atoms with Crippen LogP contribution in [-0.4, -0.2) is 16.6 Å². The summed E-state index contributed by atoms with van der Waals surface area (Å²) in [4.78, 5) is 9.81. The largest absolute Gasteiger partial charge is 0.502 e. The van der Waals surface area contributed by atoms with Crippen LogP contribution >= 0.6 is 0 Å². The number of phenolic OH excluding ortho intramolecular Hbond substituents is 1. The van der Waals surface area contributed by atoms with E-state index in [1.165, 1.54) is 19.1 Å². The maximum absolute atomic E-state index is 10.5. The van der Waals surface area contributed by atoms with Crippen LogP contribution in [0.15, 0.2) is 12.1 Å². The van der Waals surface area contributed by atoms with Crippen molar-refractivity contribution >= 4 is 5.69 Å². The van der Waals surface area contributed by atoms with Gasteiger partial charge in [-0.3, -0.25) is 10.1 Å². The zero-order valence-corrected chi connectivity index (χ0v) is 8.06. The Morgan fingerprint density at radius 3 is 2.87 bits per heavy atom. The number of benzene rings is 1. The Morgan fingerprint density at radius 1 is 1.67 bits per heavy atom. The van der Waals surface area contributed by atoms with Crippen LogP contribution in [0.4, 0.5) is 5.69 Å². The molecule has 0 unspecified atom stereocenters. The fraction of sp³-hybridized carbons (Fsp3) is 0.200.